The number of anilines is 1. The quantitative estimate of drug-likeness (QED) is 0.743. The van der Waals surface area contributed by atoms with E-state index in [9.17, 15) is 5.11 Å². The summed E-state index contributed by atoms with van der Waals surface area (Å²) in [4.78, 5) is 8.69. The van der Waals surface area contributed by atoms with E-state index in [1.807, 2.05) is 37.3 Å². The molecule has 0 bridgehead atoms. The largest absolute Gasteiger partial charge is 0.483 e. The minimum absolute atomic E-state index is 0.155. The minimum atomic E-state index is 0.155. The molecule has 0 radical (unpaired) electrons. The number of aliphatic hydroxyl groups excluding tert-OH is 1. The molecule has 2 rings (SSSR count). The average Bonchev–Trinajstić information content (AvgIpc) is 2.55. The standard InChI is InChI=1S/C18H25N3O2/c1-3-7-16(10-11-22)21-18-17(12-19-14(2)20-18)23-13-15-8-5-4-6-9-15/h4-6,8-9,12,16,22H,3,7,10-11,13H2,1-2H3,(H,19,20,21)/t16-/m1/s1. The Morgan fingerprint density at radius 1 is 1.22 bits per heavy atom. The molecule has 2 N–H and O–H groups in total. The molecular weight excluding hydrogens is 290 g/mol. The molecule has 5 heteroatoms. The van der Waals surface area contributed by atoms with Crippen molar-refractivity contribution in [2.24, 2.45) is 0 Å². The highest BCUT2D eigenvalue weighted by atomic mass is 16.5. The summed E-state index contributed by atoms with van der Waals surface area (Å²) in [5, 5.41) is 12.6. The molecule has 0 saturated heterocycles. The van der Waals surface area contributed by atoms with E-state index >= 15 is 0 Å². The molecule has 0 unspecified atom stereocenters. The van der Waals surface area contributed by atoms with Crippen LogP contribution in [-0.2, 0) is 6.61 Å². The second kappa shape index (κ2) is 9.10. The molecule has 0 aliphatic heterocycles. The van der Waals surface area contributed by atoms with E-state index in [4.69, 9.17) is 4.74 Å². The fraction of sp³-hybridized carbons (Fsp3) is 0.444. The third-order valence-electron chi connectivity index (χ3n) is 3.57. The van der Waals surface area contributed by atoms with Gasteiger partial charge in [0.25, 0.3) is 0 Å². The van der Waals surface area contributed by atoms with Gasteiger partial charge in [-0.15, -0.1) is 0 Å². The number of aryl methyl sites for hydroxylation is 1. The first-order valence-corrected chi connectivity index (χ1v) is 8.10. The predicted octanol–water partition coefficient (Wildman–Crippen LogP) is 3.33. The predicted molar refractivity (Wildman–Crippen MR) is 91.6 cm³/mol. The molecule has 0 spiro atoms. The Kier molecular flexibility index (Phi) is 6.81. The Balaban J connectivity index is 2.09. The van der Waals surface area contributed by atoms with Gasteiger partial charge in [-0.25, -0.2) is 9.97 Å². The van der Waals surface area contributed by atoms with Crippen molar-refractivity contribution in [3.63, 3.8) is 0 Å². The van der Waals surface area contributed by atoms with Gasteiger partial charge in [-0.3, -0.25) is 0 Å². The van der Waals surface area contributed by atoms with Gasteiger partial charge in [0.05, 0.1) is 6.20 Å². The van der Waals surface area contributed by atoms with Crippen molar-refractivity contribution in [1.82, 2.24) is 9.97 Å². The maximum absolute atomic E-state index is 9.21. The number of benzene rings is 1. The molecule has 124 valence electrons. The van der Waals surface area contributed by atoms with E-state index in [0.717, 1.165) is 18.4 Å². The monoisotopic (exact) mass is 315 g/mol. The van der Waals surface area contributed by atoms with Crippen LogP contribution in [0, 0.1) is 6.92 Å². The van der Waals surface area contributed by atoms with Crippen molar-refractivity contribution in [2.45, 2.75) is 45.8 Å². The molecule has 1 aromatic heterocycles. The maximum Gasteiger partial charge on any atom is 0.180 e. The van der Waals surface area contributed by atoms with Crippen LogP contribution in [0.15, 0.2) is 36.5 Å². The highest BCUT2D eigenvalue weighted by Gasteiger charge is 2.13. The topological polar surface area (TPSA) is 67.3 Å². The number of aliphatic hydroxyl groups is 1. The zero-order chi connectivity index (χ0) is 16.5. The van der Waals surface area contributed by atoms with Crippen molar-refractivity contribution in [3.05, 3.63) is 47.9 Å². The second-order valence-corrected chi connectivity index (χ2v) is 5.55. The Labute approximate surface area is 137 Å². The number of hydrogen-bond acceptors (Lipinski definition) is 5. The van der Waals surface area contributed by atoms with Gasteiger partial charge in [-0.1, -0.05) is 43.7 Å². The summed E-state index contributed by atoms with van der Waals surface area (Å²) < 4.78 is 5.89. The van der Waals surface area contributed by atoms with Crippen LogP contribution in [0.5, 0.6) is 5.75 Å². The van der Waals surface area contributed by atoms with Gasteiger partial charge in [0.2, 0.25) is 0 Å². The van der Waals surface area contributed by atoms with E-state index < -0.39 is 0 Å². The Hall–Kier alpha value is -2.14. The number of nitrogens with one attached hydrogen (secondary N) is 1. The van der Waals surface area contributed by atoms with Crippen molar-refractivity contribution >= 4 is 5.82 Å². The van der Waals surface area contributed by atoms with Crippen molar-refractivity contribution < 1.29 is 9.84 Å². The third-order valence-corrected chi connectivity index (χ3v) is 3.57. The number of ether oxygens (including phenoxy) is 1. The first-order chi connectivity index (χ1) is 11.2. The SMILES string of the molecule is CCC[C@H](CCO)Nc1nc(C)ncc1OCc1ccccc1. The van der Waals surface area contributed by atoms with Gasteiger partial charge in [0.1, 0.15) is 12.4 Å². The van der Waals surface area contributed by atoms with Crippen molar-refractivity contribution in [3.8, 4) is 5.75 Å². The summed E-state index contributed by atoms with van der Waals surface area (Å²) in [6.45, 7) is 4.61. The smallest absolute Gasteiger partial charge is 0.180 e. The van der Waals surface area contributed by atoms with Crippen molar-refractivity contribution in [2.75, 3.05) is 11.9 Å². The third kappa shape index (κ3) is 5.53. The Morgan fingerprint density at radius 3 is 2.70 bits per heavy atom. The summed E-state index contributed by atoms with van der Waals surface area (Å²) in [5.74, 6) is 2.03. The molecule has 0 fully saturated rings. The average molecular weight is 315 g/mol. The van der Waals surface area contributed by atoms with E-state index in [1.165, 1.54) is 0 Å². The summed E-state index contributed by atoms with van der Waals surface area (Å²) in [5.41, 5.74) is 1.10. The van der Waals surface area contributed by atoms with Crippen LogP contribution in [-0.4, -0.2) is 27.7 Å². The lowest BCUT2D eigenvalue weighted by atomic mass is 10.1. The normalized spacial score (nSPS) is 12.0. The van der Waals surface area contributed by atoms with Crippen LogP contribution in [0.1, 0.15) is 37.6 Å². The Morgan fingerprint density at radius 2 is 2.00 bits per heavy atom. The molecule has 0 aliphatic carbocycles. The van der Waals surface area contributed by atoms with Gasteiger partial charge >= 0.3 is 0 Å². The van der Waals surface area contributed by atoms with Gasteiger partial charge in [0, 0.05) is 12.6 Å². The molecule has 1 aromatic carbocycles. The lowest BCUT2D eigenvalue weighted by Crippen LogP contribution is -2.22. The lowest BCUT2D eigenvalue weighted by molar-refractivity contribution is 0.275. The molecule has 23 heavy (non-hydrogen) atoms. The van der Waals surface area contributed by atoms with Crippen LogP contribution >= 0.6 is 0 Å². The summed E-state index contributed by atoms with van der Waals surface area (Å²) in [6.07, 6.45) is 4.41. The first kappa shape index (κ1) is 17.2. The second-order valence-electron chi connectivity index (χ2n) is 5.55. The minimum Gasteiger partial charge on any atom is -0.483 e. The number of nitrogens with zero attached hydrogens (tertiary/aromatic N) is 2. The molecule has 5 nitrogen and oxygen atoms in total. The molecule has 0 saturated carbocycles. The van der Waals surface area contributed by atoms with Crippen LogP contribution in [0.25, 0.3) is 0 Å². The summed E-state index contributed by atoms with van der Waals surface area (Å²) in [7, 11) is 0. The summed E-state index contributed by atoms with van der Waals surface area (Å²) >= 11 is 0. The van der Waals surface area contributed by atoms with Gasteiger partial charge in [-0.2, -0.15) is 0 Å². The molecule has 0 aliphatic rings. The van der Waals surface area contributed by atoms with Gasteiger partial charge < -0.3 is 15.2 Å². The Bertz CT molecular complexity index is 584. The van der Waals surface area contributed by atoms with Crippen LogP contribution in [0.3, 0.4) is 0 Å². The molecule has 1 atom stereocenters. The van der Waals surface area contributed by atoms with E-state index in [1.54, 1.807) is 6.20 Å². The molecule has 1 heterocycles. The van der Waals surface area contributed by atoms with E-state index in [2.05, 4.69) is 22.2 Å². The number of rotatable bonds is 9. The molecule has 2 aromatic rings. The highest BCUT2D eigenvalue weighted by molar-refractivity contribution is 5.49. The zero-order valence-corrected chi connectivity index (χ0v) is 13.8. The zero-order valence-electron chi connectivity index (χ0n) is 13.8. The van der Waals surface area contributed by atoms with Crippen LogP contribution in [0.4, 0.5) is 5.82 Å². The number of hydrogen-bond donors (Lipinski definition) is 2. The van der Waals surface area contributed by atoms with E-state index in [0.29, 0.717) is 30.4 Å². The number of aromatic nitrogens is 2. The first-order valence-electron chi connectivity index (χ1n) is 8.10. The fourth-order valence-corrected chi connectivity index (χ4v) is 2.39. The molecular formula is C18H25N3O2. The lowest BCUT2D eigenvalue weighted by Gasteiger charge is -2.20. The van der Waals surface area contributed by atoms with E-state index in [-0.39, 0.29) is 12.6 Å². The molecule has 0 amide bonds. The van der Waals surface area contributed by atoms with Gasteiger partial charge in [0.15, 0.2) is 11.6 Å². The maximum atomic E-state index is 9.21. The summed E-state index contributed by atoms with van der Waals surface area (Å²) in [6, 6.07) is 10.2. The highest BCUT2D eigenvalue weighted by Crippen LogP contribution is 2.24. The van der Waals surface area contributed by atoms with Gasteiger partial charge in [-0.05, 0) is 25.3 Å². The van der Waals surface area contributed by atoms with Crippen molar-refractivity contribution in [1.29, 1.82) is 0 Å². The van der Waals surface area contributed by atoms with Crippen LogP contribution < -0.4 is 10.1 Å². The fourth-order valence-electron chi connectivity index (χ4n) is 2.39. The van der Waals surface area contributed by atoms with Crippen LogP contribution in [0.2, 0.25) is 0 Å².